The molecule has 2 N–H and O–H groups in total. The van der Waals surface area contributed by atoms with Gasteiger partial charge < -0.3 is 10.6 Å². The highest BCUT2D eigenvalue weighted by atomic mass is 35.5. The molecule has 1 aliphatic rings. The van der Waals surface area contributed by atoms with Crippen LogP contribution in [0, 0.1) is 6.92 Å². The van der Waals surface area contributed by atoms with Crippen molar-refractivity contribution < 1.29 is 4.79 Å². The van der Waals surface area contributed by atoms with E-state index in [1.54, 1.807) is 0 Å². The molecule has 1 heterocycles. The summed E-state index contributed by atoms with van der Waals surface area (Å²) in [4.78, 5) is 10.9. The molecule has 0 aliphatic carbocycles. The Hall–Kier alpha value is -1.22. The van der Waals surface area contributed by atoms with Crippen molar-refractivity contribution >= 4 is 17.6 Å². The van der Waals surface area contributed by atoms with Gasteiger partial charge in [-0.05, 0) is 24.1 Å². The number of urea groups is 1. The van der Waals surface area contributed by atoms with E-state index in [0.717, 1.165) is 16.1 Å². The van der Waals surface area contributed by atoms with E-state index in [1.165, 1.54) is 0 Å². The third kappa shape index (κ3) is 1.68. The van der Waals surface area contributed by atoms with Gasteiger partial charge >= 0.3 is 6.03 Å². The first-order valence-corrected chi connectivity index (χ1v) is 4.85. The molecule has 4 heteroatoms. The third-order valence-electron chi connectivity index (χ3n) is 2.37. The van der Waals surface area contributed by atoms with Gasteiger partial charge in [0.05, 0.1) is 6.04 Å². The maximum Gasteiger partial charge on any atom is 0.315 e. The smallest absolute Gasteiger partial charge is 0.315 e. The zero-order valence-electron chi connectivity index (χ0n) is 7.80. The Morgan fingerprint density at radius 2 is 2.29 bits per heavy atom. The molecule has 0 bridgehead atoms. The number of carbonyl (C=O) groups excluding carboxylic acids is 1. The van der Waals surface area contributed by atoms with Crippen LogP contribution in [0.5, 0.6) is 0 Å². The van der Waals surface area contributed by atoms with Crippen molar-refractivity contribution in [1.29, 1.82) is 0 Å². The summed E-state index contributed by atoms with van der Waals surface area (Å²) in [5.41, 5.74) is 2.09. The summed E-state index contributed by atoms with van der Waals surface area (Å²) in [6, 6.07) is 5.77. The Morgan fingerprint density at radius 3 is 2.86 bits per heavy atom. The number of aryl methyl sites for hydroxylation is 1. The van der Waals surface area contributed by atoms with Crippen LogP contribution in [-0.4, -0.2) is 12.6 Å². The van der Waals surface area contributed by atoms with E-state index in [0.29, 0.717) is 6.54 Å². The Kier molecular flexibility index (Phi) is 2.33. The average Bonchev–Trinajstić information content (AvgIpc) is 2.57. The quantitative estimate of drug-likeness (QED) is 0.732. The van der Waals surface area contributed by atoms with Gasteiger partial charge in [-0.2, -0.15) is 0 Å². The van der Waals surface area contributed by atoms with Crippen LogP contribution in [0.25, 0.3) is 0 Å². The van der Waals surface area contributed by atoms with Gasteiger partial charge in [-0.3, -0.25) is 0 Å². The van der Waals surface area contributed by atoms with Crippen molar-refractivity contribution in [3.8, 4) is 0 Å². The minimum atomic E-state index is -0.119. The number of nitrogens with one attached hydrogen (secondary N) is 2. The van der Waals surface area contributed by atoms with Gasteiger partial charge in [-0.25, -0.2) is 4.79 Å². The molecule has 1 atom stereocenters. The molecule has 1 aromatic carbocycles. The lowest BCUT2D eigenvalue weighted by Gasteiger charge is -2.09. The highest BCUT2D eigenvalue weighted by Crippen LogP contribution is 2.22. The van der Waals surface area contributed by atoms with Crippen LogP contribution in [-0.2, 0) is 0 Å². The molecule has 2 rings (SSSR count). The van der Waals surface area contributed by atoms with Crippen LogP contribution in [0.3, 0.4) is 0 Å². The van der Waals surface area contributed by atoms with Crippen LogP contribution >= 0.6 is 11.6 Å². The van der Waals surface area contributed by atoms with Crippen LogP contribution in [0.4, 0.5) is 4.79 Å². The highest BCUT2D eigenvalue weighted by molar-refractivity contribution is 6.31. The molecule has 3 nitrogen and oxygen atoms in total. The SMILES string of the molecule is Cc1ccc([C@@H]2CNC(=O)N2)cc1Cl. The first-order chi connectivity index (χ1) is 6.66. The van der Waals surface area contributed by atoms with Gasteiger partial charge in [0.25, 0.3) is 0 Å². The van der Waals surface area contributed by atoms with Crippen molar-refractivity contribution in [3.05, 3.63) is 34.3 Å². The topological polar surface area (TPSA) is 41.1 Å². The molecule has 1 saturated heterocycles. The van der Waals surface area contributed by atoms with Crippen molar-refractivity contribution in [3.63, 3.8) is 0 Å². The molecular weight excluding hydrogens is 200 g/mol. The van der Waals surface area contributed by atoms with Crippen molar-refractivity contribution in [1.82, 2.24) is 10.6 Å². The fourth-order valence-corrected chi connectivity index (χ4v) is 1.67. The summed E-state index contributed by atoms with van der Waals surface area (Å²) < 4.78 is 0. The molecule has 0 spiro atoms. The Bertz CT molecular complexity index is 378. The van der Waals surface area contributed by atoms with Gasteiger partial charge in [0.1, 0.15) is 0 Å². The zero-order valence-corrected chi connectivity index (χ0v) is 8.56. The first-order valence-electron chi connectivity index (χ1n) is 4.47. The Labute approximate surface area is 87.4 Å². The van der Waals surface area contributed by atoms with Gasteiger partial charge in [0, 0.05) is 11.6 Å². The minimum absolute atomic E-state index is 0.0422. The summed E-state index contributed by atoms with van der Waals surface area (Å²) >= 11 is 6.00. The number of halogens is 1. The third-order valence-corrected chi connectivity index (χ3v) is 2.78. The summed E-state index contributed by atoms with van der Waals surface area (Å²) in [7, 11) is 0. The Balaban J connectivity index is 2.24. The van der Waals surface area contributed by atoms with E-state index in [-0.39, 0.29) is 12.1 Å². The van der Waals surface area contributed by atoms with Gasteiger partial charge in [-0.1, -0.05) is 23.7 Å². The molecule has 1 fully saturated rings. The number of benzene rings is 1. The lowest BCUT2D eigenvalue weighted by molar-refractivity contribution is 0.247. The lowest BCUT2D eigenvalue weighted by atomic mass is 10.1. The molecule has 74 valence electrons. The second-order valence-electron chi connectivity index (χ2n) is 3.42. The fraction of sp³-hybridized carbons (Fsp3) is 0.300. The molecule has 14 heavy (non-hydrogen) atoms. The molecule has 0 unspecified atom stereocenters. The maximum absolute atomic E-state index is 10.9. The van der Waals surface area contributed by atoms with Gasteiger partial charge in [0.15, 0.2) is 0 Å². The van der Waals surface area contributed by atoms with Crippen LogP contribution in [0.1, 0.15) is 17.2 Å². The lowest BCUT2D eigenvalue weighted by Crippen LogP contribution is -2.21. The fourth-order valence-electron chi connectivity index (χ4n) is 1.48. The Morgan fingerprint density at radius 1 is 1.50 bits per heavy atom. The largest absolute Gasteiger partial charge is 0.336 e. The molecular formula is C10H11ClN2O. The molecule has 0 saturated carbocycles. The second-order valence-corrected chi connectivity index (χ2v) is 3.82. The molecule has 0 radical (unpaired) electrons. The molecule has 0 aromatic heterocycles. The number of hydrogen-bond acceptors (Lipinski definition) is 1. The number of rotatable bonds is 1. The summed E-state index contributed by atoms with van der Waals surface area (Å²) in [6.45, 7) is 2.58. The molecule has 2 amide bonds. The normalized spacial score (nSPS) is 20.4. The van der Waals surface area contributed by atoms with Crippen molar-refractivity contribution in [2.45, 2.75) is 13.0 Å². The van der Waals surface area contributed by atoms with Crippen molar-refractivity contribution in [2.24, 2.45) is 0 Å². The molecule has 1 aromatic rings. The predicted molar refractivity (Wildman–Crippen MR) is 55.5 cm³/mol. The van der Waals surface area contributed by atoms with Crippen LogP contribution in [0.2, 0.25) is 5.02 Å². The number of amides is 2. The number of carbonyl (C=O) groups is 1. The van der Waals surface area contributed by atoms with Crippen molar-refractivity contribution in [2.75, 3.05) is 6.54 Å². The van der Waals surface area contributed by atoms with E-state index < -0.39 is 0 Å². The summed E-state index contributed by atoms with van der Waals surface area (Å²) in [5.74, 6) is 0. The zero-order chi connectivity index (χ0) is 10.1. The summed E-state index contributed by atoms with van der Waals surface area (Å²) in [6.07, 6.45) is 0. The monoisotopic (exact) mass is 210 g/mol. The highest BCUT2D eigenvalue weighted by Gasteiger charge is 2.21. The van der Waals surface area contributed by atoms with E-state index in [2.05, 4.69) is 10.6 Å². The maximum atomic E-state index is 10.9. The van der Waals surface area contributed by atoms with E-state index >= 15 is 0 Å². The van der Waals surface area contributed by atoms with Crippen LogP contribution < -0.4 is 10.6 Å². The van der Waals surface area contributed by atoms with E-state index in [4.69, 9.17) is 11.6 Å². The average molecular weight is 211 g/mol. The van der Waals surface area contributed by atoms with Gasteiger partial charge in [-0.15, -0.1) is 0 Å². The minimum Gasteiger partial charge on any atom is -0.336 e. The summed E-state index contributed by atoms with van der Waals surface area (Å²) in [5, 5.41) is 6.26. The number of hydrogen-bond donors (Lipinski definition) is 2. The van der Waals surface area contributed by atoms with Gasteiger partial charge in [0.2, 0.25) is 0 Å². The first kappa shape index (κ1) is 9.34. The predicted octanol–water partition coefficient (Wildman–Crippen LogP) is 2.00. The van der Waals surface area contributed by atoms with Crippen LogP contribution in [0.15, 0.2) is 18.2 Å². The van der Waals surface area contributed by atoms with E-state index in [1.807, 2.05) is 25.1 Å². The second kappa shape index (κ2) is 3.50. The molecule has 1 aliphatic heterocycles. The standard InChI is InChI=1S/C10H11ClN2O/c1-6-2-3-7(4-8(6)11)9-5-12-10(14)13-9/h2-4,9H,5H2,1H3,(H2,12,13,14)/t9-/m0/s1. The van der Waals surface area contributed by atoms with E-state index in [9.17, 15) is 4.79 Å².